The van der Waals surface area contributed by atoms with E-state index < -0.39 is 17.2 Å². The van der Waals surface area contributed by atoms with E-state index in [-0.39, 0.29) is 17.2 Å². The average Bonchev–Trinajstić information content (AvgIpc) is 2.69. The summed E-state index contributed by atoms with van der Waals surface area (Å²) in [5.41, 5.74) is 0.392. The average molecular weight is 433 g/mol. The summed E-state index contributed by atoms with van der Waals surface area (Å²) in [7, 11) is 0. The largest absolute Gasteiger partial charge is 0.322 e. The van der Waals surface area contributed by atoms with Crippen LogP contribution in [-0.2, 0) is 6.54 Å². The second-order valence-corrected chi connectivity index (χ2v) is 7.03. The molecule has 0 aliphatic heterocycles. The standard InChI is InChI=1S/C20H12Cl2F2N4O/c21-12-2-1-3-13(7-12)28(17-8-16(22)25-10-26-17)9-11-6-18(29)27-20-14(11)4-5-15(23)19(20)24/h1-8,10H,9H2,(H,27,29). The quantitative estimate of drug-likeness (QED) is 0.447. The fourth-order valence-electron chi connectivity index (χ4n) is 3.06. The molecule has 1 N–H and O–H groups in total. The number of rotatable bonds is 4. The zero-order chi connectivity index (χ0) is 20.5. The molecule has 2 aromatic carbocycles. The van der Waals surface area contributed by atoms with E-state index in [2.05, 4.69) is 15.0 Å². The topological polar surface area (TPSA) is 61.9 Å². The molecule has 0 amide bonds. The number of aromatic amines is 1. The summed E-state index contributed by atoms with van der Waals surface area (Å²) in [5.74, 6) is -1.70. The van der Waals surface area contributed by atoms with Crippen molar-refractivity contribution in [3.8, 4) is 0 Å². The Labute approximate surface area is 173 Å². The van der Waals surface area contributed by atoms with E-state index in [1.54, 1.807) is 35.2 Å². The maximum absolute atomic E-state index is 14.2. The van der Waals surface area contributed by atoms with E-state index in [1.165, 1.54) is 18.5 Å². The molecule has 4 aromatic rings. The Morgan fingerprint density at radius 3 is 2.62 bits per heavy atom. The van der Waals surface area contributed by atoms with Crippen LogP contribution < -0.4 is 10.5 Å². The molecule has 0 radical (unpaired) electrons. The van der Waals surface area contributed by atoms with Gasteiger partial charge in [0.1, 0.15) is 17.3 Å². The molecule has 4 rings (SSSR count). The number of benzene rings is 2. The molecule has 2 heterocycles. The van der Waals surface area contributed by atoms with Gasteiger partial charge in [-0.05, 0) is 35.9 Å². The molecule has 0 unspecified atom stereocenters. The third-order valence-electron chi connectivity index (χ3n) is 4.34. The molecular weight excluding hydrogens is 421 g/mol. The highest BCUT2D eigenvalue weighted by atomic mass is 35.5. The summed E-state index contributed by atoms with van der Waals surface area (Å²) in [6, 6.07) is 12.3. The van der Waals surface area contributed by atoms with Gasteiger partial charge >= 0.3 is 0 Å². The van der Waals surface area contributed by atoms with Gasteiger partial charge in [-0.25, -0.2) is 18.7 Å². The van der Waals surface area contributed by atoms with Crippen molar-refractivity contribution < 1.29 is 8.78 Å². The number of hydrogen-bond donors (Lipinski definition) is 1. The van der Waals surface area contributed by atoms with Crippen molar-refractivity contribution in [1.82, 2.24) is 15.0 Å². The predicted octanol–water partition coefficient (Wildman–Crippen LogP) is 5.24. The van der Waals surface area contributed by atoms with E-state index in [1.807, 2.05) is 0 Å². The van der Waals surface area contributed by atoms with Crippen molar-refractivity contribution in [3.63, 3.8) is 0 Å². The summed E-state index contributed by atoms with van der Waals surface area (Å²) in [4.78, 5) is 24.3. The number of hydrogen-bond acceptors (Lipinski definition) is 4. The first-order valence-corrected chi connectivity index (χ1v) is 9.18. The summed E-state index contributed by atoms with van der Waals surface area (Å²) >= 11 is 12.2. The minimum absolute atomic E-state index is 0.124. The first-order chi connectivity index (χ1) is 13.9. The van der Waals surface area contributed by atoms with E-state index in [0.29, 0.717) is 27.5 Å². The van der Waals surface area contributed by atoms with Gasteiger partial charge in [0.25, 0.3) is 0 Å². The van der Waals surface area contributed by atoms with Crippen LogP contribution in [-0.4, -0.2) is 15.0 Å². The van der Waals surface area contributed by atoms with Crippen LogP contribution in [0, 0.1) is 11.6 Å². The molecule has 0 fully saturated rings. The second kappa shape index (κ2) is 7.77. The molecule has 0 aliphatic rings. The monoisotopic (exact) mass is 432 g/mol. The lowest BCUT2D eigenvalue weighted by atomic mass is 10.1. The molecule has 0 aliphatic carbocycles. The zero-order valence-corrected chi connectivity index (χ0v) is 16.2. The van der Waals surface area contributed by atoms with Gasteiger partial charge in [-0.1, -0.05) is 29.3 Å². The molecule has 9 heteroatoms. The lowest BCUT2D eigenvalue weighted by Crippen LogP contribution is -2.20. The summed E-state index contributed by atoms with van der Waals surface area (Å²) in [6.07, 6.45) is 1.31. The summed E-state index contributed by atoms with van der Waals surface area (Å²) < 4.78 is 27.9. The number of nitrogens with zero attached hydrogens (tertiary/aromatic N) is 3. The van der Waals surface area contributed by atoms with Crippen LogP contribution in [0.3, 0.4) is 0 Å². The number of H-pyrrole nitrogens is 1. The van der Waals surface area contributed by atoms with Crippen molar-refractivity contribution in [2.75, 3.05) is 4.90 Å². The maximum atomic E-state index is 14.2. The normalized spacial score (nSPS) is 11.0. The Bertz CT molecular complexity index is 1230. The SMILES string of the molecule is O=c1cc(CN(c2cccc(Cl)c2)c2cc(Cl)ncn2)c2ccc(F)c(F)c2[nH]1. The van der Waals surface area contributed by atoms with Crippen LogP contribution in [0.1, 0.15) is 5.56 Å². The van der Waals surface area contributed by atoms with Gasteiger partial charge in [0, 0.05) is 28.2 Å². The lowest BCUT2D eigenvalue weighted by molar-refractivity contribution is 0.515. The third-order valence-corrected chi connectivity index (χ3v) is 4.78. The first-order valence-electron chi connectivity index (χ1n) is 8.43. The second-order valence-electron chi connectivity index (χ2n) is 6.21. The number of anilines is 2. The molecule has 5 nitrogen and oxygen atoms in total. The Hall–Kier alpha value is -3.03. The van der Waals surface area contributed by atoms with Crippen molar-refractivity contribution in [2.45, 2.75) is 6.54 Å². The molecule has 0 bridgehead atoms. The molecule has 2 aromatic heterocycles. The highest BCUT2D eigenvalue weighted by Gasteiger charge is 2.17. The van der Waals surface area contributed by atoms with Gasteiger partial charge in [0.2, 0.25) is 5.56 Å². The number of aromatic nitrogens is 3. The molecule has 0 saturated carbocycles. The lowest BCUT2D eigenvalue weighted by Gasteiger charge is -2.25. The van der Waals surface area contributed by atoms with Gasteiger partial charge in [0.05, 0.1) is 12.1 Å². The minimum Gasteiger partial charge on any atom is -0.322 e. The zero-order valence-electron chi connectivity index (χ0n) is 14.7. The third kappa shape index (κ3) is 3.92. The number of fused-ring (bicyclic) bond motifs is 1. The smallest absolute Gasteiger partial charge is 0.248 e. The number of halogens is 4. The molecular formula is C20H12Cl2F2N4O. The summed E-state index contributed by atoms with van der Waals surface area (Å²) in [5, 5.41) is 1.10. The van der Waals surface area contributed by atoms with Crippen LogP contribution in [0.4, 0.5) is 20.3 Å². The highest BCUT2D eigenvalue weighted by Crippen LogP contribution is 2.30. The van der Waals surface area contributed by atoms with Crippen LogP contribution in [0.2, 0.25) is 10.2 Å². The minimum atomic E-state index is -1.11. The van der Waals surface area contributed by atoms with Crippen molar-refractivity contribution in [3.05, 3.63) is 92.6 Å². The Morgan fingerprint density at radius 1 is 1.03 bits per heavy atom. The van der Waals surface area contributed by atoms with Gasteiger partial charge in [-0.3, -0.25) is 4.79 Å². The fraction of sp³-hybridized carbons (Fsp3) is 0.0500. The van der Waals surface area contributed by atoms with Crippen LogP contribution in [0.25, 0.3) is 10.9 Å². The Morgan fingerprint density at radius 2 is 1.86 bits per heavy atom. The van der Waals surface area contributed by atoms with E-state index in [4.69, 9.17) is 23.2 Å². The van der Waals surface area contributed by atoms with E-state index >= 15 is 0 Å². The fourth-order valence-corrected chi connectivity index (χ4v) is 3.38. The van der Waals surface area contributed by atoms with E-state index in [9.17, 15) is 13.6 Å². The highest BCUT2D eigenvalue weighted by molar-refractivity contribution is 6.31. The Kier molecular flexibility index (Phi) is 5.17. The first kappa shape index (κ1) is 19.3. The maximum Gasteiger partial charge on any atom is 0.248 e. The molecule has 0 saturated heterocycles. The van der Waals surface area contributed by atoms with Crippen LogP contribution in [0.15, 0.2) is 59.7 Å². The van der Waals surface area contributed by atoms with Crippen LogP contribution in [0.5, 0.6) is 0 Å². The van der Waals surface area contributed by atoms with Crippen molar-refractivity contribution in [2.24, 2.45) is 0 Å². The number of nitrogens with one attached hydrogen (secondary N) is 1. The van der Waals surface area contributed by atoms with Gasteiger partial charge in [-0.2, -0.15) is 0 Å². The van der Waals surface area contributed by atoms with Crippen molar-refractivity contribution in [1.29, 1.82) is 0 Å². The molecule has 0 atom stereocenters. The van der Waals surface area contributed by atoms with Gasteiger partial charge in [-0.15, -0.1) is 0 Å². The van der Waals surface area contributed by atoms with Gasteiger partial charge < -0.3 is 9.88 Å². The predicted molar refractivity (Wildman–Crippen MR) is 109 cm³/mol. The molecule has 0 spiro atoms. The van der Waals surface area contributed by atoms with Crippen LogP contribution >= 0.6 is 23.2 Å². The van der Waals surface area contributed by atoms with E-state index in [0.717, 1.165) is 6.07 Å². The summed E-state index contributed by atoms with van der Waals surface area (Å²) in [6.45, 7) is 0.124. The van der Waals surface area contributed by atoms with Gasteiger partial charge in [0.15, 0.2) is 11.6 Å². The Balaban J connectivity index is 1.89. The molecule has 146 valence electrons. The number of pyridine rings is 1. The molecule has 29 heavy (non-hydrogen) atoms. The van der Waals surface area contributed by atoms with Crippen molar-refractivity contribution >= 4 is 45.6 Å².